The van der Waals surface area contributed by atoms with E-state index in [9.17, 15) is 26.0 Å². The molecular weight excluding hydrogens is 324 g/mol. The highest BCUT2D eigenvalue weighted by Crippen LogP contribution is 2.33. The number of alkyl halides is 3. The van der Waals surface area contributed by atoms with Crippen LogP contribution in [-0.2, 0) is 15.2 Å². The highest BCUT2D eigenvalue weighted by Gasteiger charge is 2.34. The van der Waals surface area contributed by atoms with Gasteiger partial charge in [-0.25, -0.2) is 12.8 Å². The van der Waals surface area contributed by atoms with Gasteiger partial charge in [-0.05, 0) is 18.2 Å². The molecule has 0 aromatic heterocycles. The minimum atomic E-state index is -4.82. The second kappa shape index (κ2) is 6.17. The summed E-state index contributed by atoms with van der Waals surface area (Å²) in [5, 5.41) is 0. The molecule has 0 fully saturated rings. The molecule has 3 nitrogen and oxygen atoms in total. The third-order valence-electron chi connectivity index (χ3n) is 2.26. The Morgan fingerprint density at radius 2 is 1.95 bits per heavy atom. The Labute approximate surface area is 117 Å². The number of benzene rings is 1. The van der Waals surface area contributed by atoms with Crippen LogP contribution in [-0.4, -0.2) is 20.8 Å². The van der Waals surface area contributed by atoms with E-state index in [0.717, 1.165) is 6.07 Å². The van der Waals surface area contributed by atoms with Gasteiger partial charge in [0.25, 0.3) is 0 Å². The number of ether oxygens (including phenoxy) is 1. The first-order valence-corrected chi connectivity index (χ1v) is 7.89. The fourth-order valence-electron chi connectivity index (χ4n) is 1.44. The van der Waals surface area contributed by atoms with Crippen LogP contribution in [0.2, 0.25) is 0 Å². The Bertz CT molecular complexity index is 572. The maximum Gasteiger partial charge on any atom is 0.419 e. The lowest BCUT2D eigenvalue weighted by atomic mass is 10.2. The monoisotopic (exact) mass is 334 g/mol. The topological polar surface area (TPSA) is 43.4 Å². The first kappa shape index (κ1) is 17.0. The van der Waals surface area contributed by atoms with Gasteiger partial charge in [-0.3, -0.25) is 0 Å². The van der Waals surface area contributed by atoms with Crippen molar-refractivity contribution in [3.63, 3.8) is 0 Å². The first-order valence-electron chi connectivity index (χ1n) is 5.41. The molecule has 1 rings (SSSR count). The molecule has 0 aliphatic heterocycles. The highest BCUT2D eigenvalue weighted by molar-refractivity contribution is 8.13. The quantitative estimate of drug-likeness (QED) is 0.612. The standard InChI is InChI=1S/C11H11ClF4O3S/c1-7(6-20(12,17)18)5-19-8-2-3-10(13)9(4-8)11(14,15)16/h2-4,7H,5-6H2,1H3. The third-order valence-corrected chi connectivity index (χ3v) is 3.61. The zero-order valence-electron chi connectivity index (χ0n) is 10.2. The molecule has 0 N–H and O–H groups in total. The average molecular weight is 335 g/mol. The van der Waals surface area contributed by atoms with E-state index in [1.54, 1.807) is 0 Å². The van der Waals surface area contributed by atoms with Gasteiger partial charge in [0, 0.05) is 16.6 Å². The van der Waals surface area contributed by atoms with Crippen molar-refractivity contribution in [3.8, 4) is 5.75 Å². The predicted octanol–water partition coefficient (Wildman–Crippen LogP) is 3.43. The molecule has 0 saturated carbocycles. The van der Waals surface area contributed by atoms with E-state index in [-0.39, 0.29) is 18.1 Å². The highest BCUT2D eigenvalue weighted by atomic mass is 35.7. The van der Waals surface area contributed by atoms with Crippen molar-refractivity contribution in [3.05, 3.63) is 29.6 Å². The van der Waals surface area contributed by atoms with E-state index >= 15 is 0 Å². The van der Waals surface area contributed by atoms with Gasteiger partial charge in [-0.1, -0.05) is 6.92 Å². The maximum absolute atomic E-state index is 13.0. The van der Waals surface area contributed by atoms with Gasteiger partial charge in [-0.2, -0.15) is 13.2 Å². The van der Waals surface area contributed by atoms with E-state index < -0.39 is 32.5 Å². The summed E-state index contributed by atoms with van der Waals surface area (Å²) in [6.07, 6.45) is -4.82. The van der Waals surface area contributed by atoms with Crippen LogP contribution in [0, 0.1) is 11.7 Å². The summed E-state index contributed by atoms with van der Waals surface area (Å²) in [7, 11) is 1.32. The maximum atomic E-state index is 13.0. The van der Waals surface area contributed by atoms with Gasteiger partial charge in [0.15, 0.2) is 0 Å². The minimum absolute atomic E-state index is 0.158. The molecule has 0 bridgehead atoms. The van der Waals surface area contributed by atoms with Crippen LogP contribution in [0.25, 0.3) is 0 Å². The van der Waals surface area contributed by atoms with Crippen molar-refractivity contribution in [2.75, 3.05) is 12.4 Å². The van der Waals surface area contributed by atoms with Gasteiger partial charge in [-0.15, -0.1) is 0 Å². The zero-order chi connectivity index (χ0) is 15.6. The largest absolute Gasteiger partial charge is 0.493 e. The lowest BCUT2D eigenvalue weighted by Crippen LogP contribution is -2.17. The molecule has 0 spiro atoms. The third kappa shape index (κ3) is 5.54. The molecule has 20 heavy (non-hydrogen) atoms. The van der Waals surface area contributed by atoms with Crippen molar-refractivity contribution in [2.24, 2.45) is 5.92 Å². The fraction of sp³-hybridized carbons (Fsp3) is 0.455. The van der Waals surface area contributed by atoms with Gasteiger partial charge in [0.2, 0.25) is 9.05 Å². The van der Waals surface area contributed by atoms with Crippen LogP contribution in [0.1, 0.15) is 12.5 Å². The van der Waals surface area contributed by atoms with E-state index in [4.69, 9.17) is 15.4 Å². The second-order valence-electron chi connectivity index (χ2n) is 4.26. The number of rotatable bonds is 5. The lowest BCUT2D eigenvalue weighted by Gasteiger charge is -2.13. The molecule has 0 saturated heterocycles. The first-order chi connectivity index (χ1) is 8.99. The van der Waals surface area contributed by atoms with Crippen molar-refractivity contribution in [2.45, 2.75) is 13.1 Å². The molecule has 9 heteroatoms. The van der Waals surface area contributed by atoms with Crippen molar-refractivity contribution in [1.29, 1.82) is 0 Å². The second-order valence-corrected chi connectivity index (χ2v) is 7.08. The number of halogens is 5. The molecule has 0 aliphatic carbocycles. The van der Waals surface area contributed by atoms with Crippen LogP contribution in [0.3, 0.4) is 0 Å². The molecular formula is C11H11ClF4O3S. The van der Waals surface area contributed by atoms with Crippen molar-refractivity contribution >= 4 is 19.7 Å². The van der Waals surface area contributed by atoms with Crippen LogP contribution >= 0.6 is 10.7 Å². The summed E-state index contributed by atoms with van der Waals surface area (Å²) in [5.41, 5.74) is -1.44. The summed E-state index contributed by atoms with van der Waals surface area (Å²) < 4.78 is 77.0. The van der Waals surface area contributed by atoms with Crippen LogP contribution in [0.4, 0.5) is 17.6 Å². The predicted molar refractivity (Wildman–Crippen MR) is 65.7 cm³/mol. The molecule has 0 aliphatic rings. The average Bonchev–Trinajstić information content (AvgIpc) is 2.24. The Morgan fingerprint density at radius 1 is 1.35 bits per heavy atom. The molecule has 1 aromatic carbocycles. The number of hydrogen-bond acceptors (Lipinski definition) is 3. The SMILES string of the molecule is CC(COc1ccc(F)c(C(F)(F)F)c1)CS(=O)(=O)Cl. The van der Waals surface area contributed by atoms with Gasteiger partial charge in [0.05, 0.1) is 17.9 Å². The molecule has 1 aromatic rings. The van der Waals surface area contributed by atoms with Gasteiger partial charge >= 0.3 is 6.18 Å². The van der Waals surface area contributed by atoms with E-state index in [1.807, 2.05) is 0 Å². The summed E-state index contributed by atoms with van der Waals surface area (Å²) in [6.45, 7) is 1.35. The molecule has 0 amide bonds. The fourth-order valence-corrected chi connectivity index (χ4v) is 2.86. The minimum Gasteiger partial charge on any atom is -0.493 e. The van der Waals surface area contributed by atoms with Crippen LogP contribution in [0.5, 0.6) is 5.75 Å². The Hall–Kier alpha value is -1.02. The smallest absolute Gasteiger partial charge is 0.419 e. The molecule has 1 unspecified atom stereocenters. The molecule has 114 valence electrons. The van der Waals surface area contributed by atoms with Crippen molar-refractivity contribution in [1.82, 2.24) is 0 Å². The van der Waals surface area contributed by atoms with E-state index in [1.165, 1.54) is 6.92 Å². The summed E-state index contributed by atoms with van der Waals surface area (Å²) in [5.74, 6) is -2.49. The Morgan fingerprint density at radius 3 is 2.45 bits per heavy atom. The van der Waals surface area contributed by atoms with E-state index in [2.05, 4.69) is 0 Å². The lowest BCUT2D eigenvalue weighted by molar-refractivity contribution is -0.140. The van der Waals surface area contributed by atoms with Crippen LogP contribution in [0.15, 0.2) is 18.2 Å². The van der Waals surface area contributed by atoms with Crippen LogP contribution < -0.4 is 4.74 Å². The molecule has 0 radical (unpaired) electrons. The number of hydrogen-bond donors (Lipinski definition) is 0. The summed E-state index contributed by atoms with van der Waals surface area (Å²) in [6, 6.07) is 2.20. The normalized spacial score (nSPS) is 14.1. The summed E-state index contributed by atoms with van der Waals surface area (Å²) in [4.78, 5) is 0. The van der Waals surface area contributed by atoms with Gasteiger partial charge < -0.3 is 4.74 Å². The summed E-state index contributed by atoms with van der Waals surface area (Å²) >= 11 is 0. The Kier molecular flexibility index (Phi) is 5.26. The molecule has 1 atom stereocenters. The Balaban J connectivity index is 2.75. The van der Waals surface area contributed by atoms with Crippen molar-refractivity contribution < 1.29 is 30.7 Å². The van der Waals surface area contributed by atoms with Gasteiger partial charge in [0.1, 0.15) is 11.6 Å². The molecule has 0 heterocycles. The van der Waals surface area contributed by atoms with E-state index in [0.29, 0.717) is 12.1 Å². The zero-order valence-corrected chi connectivity index (χ0v) is 11.8.